The van der Waals surface area contributed by atoms with Gasteiger partial charge in [-0.15, -0.1) is 0 Å². The third-order valence-electron chi connectivity index (χ3n) is 3.43. The average molecular weight is 255 g/mol. The van der Waals surface area contributed by atoms with Gasteiger partial charge in [-0.1, -0.05) is 31.2 Å². The number of hydrogen-bond donors (Lipinski definition) is 2. The Hall–Kier alpha value is -1.71. The van der Waals surface area contributed by atoms with Crippen LogP contribution in [0.2, 0.25) is 0 Å². The lowest BCUT2D eigenvalue weighted by atomic mass is 9.98. The monoisotopic (exact) mass is 255 g/mol. The molecule has 100 valence electrons. The van der Waals surface area contributed by atoms with Crippen molar-refractivity contribution >= 4 is 0 Å². The van der Waals surface area contributed by atoms with Gasteiger partial charge in [0.1, 0.15) is 0 Å². The van der Waals surface area contributed by atoms with Crippen LogP contribution in [-0.4, -0.2) is 4.98 Å². The summed E-state index contributed by atoms with van der Waals surface area (Å²) in [6.45, 7) is 2.17. The van der Waals surface area contributed by atoms with E-state index in [0.717, 1.165) is 19.3 Å². The van der Waals surface area contributed by atoms with E-state index in [9.17, 15) is 0 Å². The highest BCUT2D eigenvalue weighted by molar-refractivity contribution is 5.26. The van der Waals surface area contributed by atoms with Crippen LogP contribution < -0.4 is 11.3 Å². The number of aryl methyl sites for hydroxylation is 2. The lowest BCUT2D eigenvalue weighted by Gasteiger charge is -2.17. The highest BCUT2D eigenvalue weighted by Crippen LogP contribution is 2.19. The summed E-state index contributed by atoms with van der Waals surface area (Å²) in [5.74, 6) is 5.70. The molecule has 3 N–H and O–H groups in total. The topological polar surface area (TPSA) is 50.9 Å². The quantitative estimate of drug-likeness (QED) is 0.616. The SMILES string of the molecule is CCc1cccc(C(CCc2ccncc2)NN)c1. The first-order valence-electron chi connectivity index (χ1n) is 6.77. The molecule has 1 aromatic heterocycles. The van der Waals surface area contributed by atoms with E-state index in [1.165, 1.54) is 16.7 Å². The van der Waals surface area contributed by atoms with E-state index < -0.39 is 0 Å². The summed E-state index contributed by atoms with van der Waals surface area (Å²) in [4.78, 5) is 4.03. The molecule has 0 bridgehead atoms. The van der Waals surface area contributed by atoms with Crippen molar-refractivity contribution in [2.24, 2.45) is 5.84 Å². The van der Waals surface area contributed by atoms with Gasteiger partial charge in [0.05, 0.1) is 0 Å². The predicted octanol–water partition coefficient (Wildman–Crippen LogP) is 2.78. The van der Waals surface area contributed by atoms with Gasteiger partial charge in [-0.25, -0.2) is 0 Å². The largest absolute Gasteiger partial charge is 0.271 e. The van der Waals surface area contributed by atoms with Gasteiger partial charge < -0.3 is 0 Å². The Kier molecular flexibility index (Phi) is 5.07. The molecule has 3 nitrogen and oxygen atoms in total. The first kappa shape index (κ1) is 13.7. The van der Waals surface area contributed by atoms with Crippen LogP contribution in [0.3, 0.4) is 0 Å². The molecule has 1 heterocycles. The van der Waals surface area contributed by atoms with E-state index in [1.807, 2.05) is 12.4 Å². The molecule has 0 aliphatic rings. The summed E-state index contributed by atoms with van der Waals surface area (Å²) in [6.07, 6.45) is 6.69. The highest BCUT2D eigenvalue weighted by Gasteiger charge is 2.10. The Morgan fingerprint density at radius 2 is 1.95 bits per heavy atom. The molecule has 19 heavy (non-hydrogen) atoms. The normalized spacial score (nSPS) is 12.3. The van der Waals surface area contributed by atoms with Crippen LogP contribution in [0.5, 0.6) is 0 Å². The Morgan fingerprint density at radius 3 is 2.63 bits per heavy atom. The average Bonchev–Trinajstić information content (AvgIpc) is 2.49. The fourth-order valence-corrected chi connectivity index (χ4v) is 2.24. The van der Waals surface area contributed by atoms with Crippen LogP contribution in [0.15, 0.2) is 48.8 Å². The van der Waals surface area contributed by atoms with Gasteiger partial charge in [-0.2, -0.15) is 0 Å². The fourth-order valence-electron chi connectivity index (χ4n) is 2.24. The predicted molar refractivity (Wildman–Crippen MR) is 78.4 cm³/mol. The number of hydrazine groups is 1. The van der Waals surface area contributed by atoms with Crippen molar-refractivity contribution in [3.8, 4) is 0 Å². The number of pyridine rings is 1. The first-order chi connectivity index (χ1) is 9.33. The summed E-state index contributed by atoms with van der Waals surface area (Å²) < 4.78 is 0. The van der Waals surface area contributed by atoms with E-state index in [1.54, 1.807) is 0 Å². The summed E-state index contributed by atoms with van der Waals surface area (Å²) in [5, 5.41) is 0. The van der Waals surface area contributed by atoms with Crippen molar-refractivity contribution in [2.45, 2.75) is 32.2 Å². The molecular weight excluding hydrogens is 234 g/mol. The third kappa shape index (κ3) is 3.88. The van der Waals surface area contributed by atoms with Crippen molar-refractivity contribution in [1.29, 1.82) is 0 Å². The molecule has 0 saturated heterocycles. The van der Waals surface area contributed by atoms with E-state index >= 15 is 0 Å². The Labute approximate surface area is 114 Å². The maximum Gasteiger partial charge on any atom is 0.0463 e. The Balaban J connectivity index is 2.03. The number of nitrogens with one attached hydrogen (secondary N) is 1. The van der Waals surface area contributed by atoms with Crippen molar-refractivity contribution in [1.82, 2.24) is 10.4 Å². The van der Waals surface area contributed by atoms with Gasteiger partial charge in [0.2, 0.25) is 0 Å². The molecule has 1 unspecified atom stereocenters. The van der Waals surface area contributed by atoms with Gasteiger partial charge in [0, 0.05) is 18.4 Å². The Bertz CT molecular complexity index is 496. The van der Waals surface area contributed by atoms with Crippen LogP contribution in [0.1, 0.15) is 36.1 Å². The first-order valence-corrected chi connectivity index (χ1v) is 6.77. The lowest BCUT2D eigenvalue weighted by Crippen LogP contribution is -2.28. The number of aromatic nitrogens is 1. The zero-order chi connectivity index (χ0) is 13.5. The van der Waals surface area contributed by atoms with Crippen molar-refractivity contribution in [3.05, 3.63) is 65.5 Å². The minimum Gasteiger partial charge on any atom is -0.271 e. The highest BCUT2D eigenvalue weighted by atomic mass is 15.2. The second-order valence-corrected chi connectivity index (χ2v) is 4.71. The van der Waals surface area contributed by atoms with Gasteiger partial charge >= 0.3 is 0 Å². The number of nitrogens with two attached hydrogens (primary N) is 1. The minimum atomic E-state index is 0.194. The molecule has 2 aromatic rings. The molecule has 2 rings (SSSR count). The molecule has 0 radical (unpaired) electrons. The van der Waals surface area contributed by atoms with Crippen LogP contribution in [-0.2, 0) is 12.8 Å². The second kappa shape index (κ2) is 7.02. The summed E-state index contributed by atoms with van der Waals surface area (Å²) in [7, 11) is 0. The number of nitrogens with zero attached hydrogens (tertiary/aromatic N) is 1. The molecule has 0 spiro atoms. The zero-order valence-corrected chi connectivity index (χ0v) is 11.3. The van der Waals surface area contributed by atoms with E-state index in [0.29, 0.717) is 0 Å². The van der Waals surface area contributed by atoms with Gasteiger partial charge in [-0.3, -0.25) is 16.3 Å². The molecule has 1 atom stereocenters. The number of benzene rings is 1. The molecule has 0 aliphatic heterocycles. The third-order valence-corrected chi connectivity index (χ3v) is 3.43. The smallest absolute Gasteiger partial charge is 0.0463 e. The molecule has 0 fully saturated rings. The molecule has 0 aliphatic carbocycles. The van der Waals surface area contributed by atoms with Crippen molar-refractivity contribution in [2.75, 3.05) is 0 Å². The zero-order valence-electron chi connectivity index (χ0n) is 11.3. The van der Waals surface area contributed by atoms with E-state index in [-0.39, 0.29) is 6.04 Å². The summed E-state index contributed by atoms with van der Waals surface area (Å²) >= 11 is 0. The van der Waals surface area contributed by atoms with Crippen LogP contribution in [0.4, 0.5) is 0 Å². The maximum absolute atomic E-state index is 5.70. The van der Waals surface area contributed by atoms with E-state index in [4.69, 9.17) is 5.84 Å². The van der Waals surface area contributed by atoms with Gasteiger partial charge in [0.15, 0.2) is 0 Å². The number of hydrogen-bond acceptors (Lipinski definition) is 3. The van der Waals surface area contributed by atoms with Crippen LogP contribution in [0, 0.1) is 0 Å². The second-order valence-electron chi connectivity index (χ2n) is 4.71. The van der Waals surface area contributed by atoms with Crippen LogP contribution >= 0.6 is 0 Å². The van der Waals surface area contributed by atoms with E-state index in [2.05, 4.69) is 53.7 Å². The molecule has 3 heteroatoms. The standard InChI is InChI=1S/C16H21N3/c1-2-13-4-3-5-15(12-13)16(19-17)7-6-14-8-10-18-11-9-14/h3-5,8-12,16,19H,2,6-7,17H2,1H3. The van der Waals surface area contributed by atoms with Crippen molar-refractivity contribution in [3.63, 3.8) is 0 Å². The van der Waals surface area contributed by atoms with Crippen molar-refractivity contribution < 1.29 is 0 Å². The molecular formula is C16H21N3. The Morgan fingerprint density at radius 1 is 1.16 bits per heavy atom. The summed E-state index contributed by atoms with van der Waals surface area (Å²) in [6, 6.07) is 12.9. The molecule has 0 saturated carbocycles. The minimum absolute atomic E-state index is 0.194. The lowest BCUT2D eigenvalue weighted by molar-refractivity contribution is 0.516. The number of rotatable bonds is 6. The van der Waals surface area contributed by atoms with Gasteiger partial charge in [-0.05, 0) is 48.1 Å². The van der Waals surface area contributed by atoms with Gasteiger partial charge in [0.25, 0.3) is 0 Å². The van der Waals surface area contributed by atoms with Crippen LogP contribution in [0.25, 0.3) is 0 Å². The summed E-state index contributed by atoms with van der Waals surface area (Å²) in [5.41, 5.74) is 6.83. The fraction of sp³-hybridized carbons (Fsp3) is 0.312. The maximum atomic E-state index is 5.70. The molecule has 0 amide bonds. The molecule has 1 aromatic carbocycles.